The molecule has 4 heteroatoms. The number of nitrogens with zero attached hydrogens (tertiary/aromatic N) is 1. The van der Waals surface area contributed by atoms with Crippen LogP contribution in [0.25, 0.3) is 0 Å². The van der Waals surface area contributed by atoms with Crippen molar-refractivity contribution < 1.29 is 4.79 Å². The van der Waals surface area contributed by atoms with E-state index in [0.29, 0.717) is 17.9 Å². The molecule has 1 heterocycles. The molecule has 1 aromatic carbocycles. The Kier molecular flexibility index (Phi) is 4.70. The fourth-order valence-corrected chi connectivity index (χ4v) is 1.82. The van der Waals surface area contributed by atoms with Crippen LogP contribution in [0.3, 0.4) is 0 Å². The van der Waals surface area contributed by atoms with Crippen molar-refractivity contribution in [1.29, 1.82) is 0 Å². The Morgan fingerprint density at radius 2 is 2.10 bits per heavy atom. The molecular formula is C17H17N3O. The molecule has 1 aromatic heterocycles. The lowest BCUT2D eigenvalue weighted by molar-refractivity contribution is 0.102. The van der Waals surface area contributed by atoms with Crippen LogP contribution in [0.1, 0.15) is 27.0 Å². The van der Waals surface area contributed by atoms with E-state index in [0.717, 1.165) is 16.7 Å². The van der Waals surface area contributed by atoms with Crippen LogP contribution in [-0.2, 0) is 0 Å². The smallest absolute Gasteiger partial charge is 0.257 e. The van der Waals surface area contributed by atoms with Crippen LogP contribution < -0.4 is 11.1 Å². The quantitative estimate of drug-likeness (QED) is 0.829. The van der Waals surface area contributed by atoms with E-state index in [1.54, 1.807) is 18.3 Å². The van der Waals surface area contributed by atoms with Gasteiger partial charge in [0.25, 0.3) is 5.91 Å². The molecule has 2 aromatic rings. The van der Waals surface area contributed by atoms with Crippen LogP contribution in [-0.4, -0.2) is 17.4 Å². The van der Waals surface area contributed by atoms with Crippen molar-refractivity contribution in [2.45, 2.75) is 13.8 Å². The van der Waals surface area contributed by atoms with Gasteiger partial charge in [-0.25, -0.2) is 4.98 Å². The lowest BCUT2D eigenvalue weighted by Crippen LogP contribution is -2.14. The van der Waals surface area contributed by atoms with Crippen LogP contribution in [0.2, 0.25) is 0 Å². The van der Waals surface area contributed by atoms with E-state index in [1.165, 1.54) is 0 Å². The molecule has 0 unspecified atom stereocenters. The first kappa shape index (κ1) is 14.8. The Balaban J connectivity index is 2.23. The molecule has 0 spiro atoms. The van der Waals surface area contributed by atoms with Gasteiger partial charge in [0.1, 0.15) is 5.82 Å². The maximum absolute atomic E-state index is 12.3. The third-order valence-corrected chi connectivity index (χ3v) is 2.97. The monoisotopic (exact) mass is 279 g/mol. The summed E-state index contributed by atoms with van der Waals surface area (Å²) in [5.41, 5.74) is 8.64. The second kappa shape index (κ2) is 6.69. The second-order valence-electron chi connectivity index (χ2n) is 4.71. The largest absolute Gasteiger partial charge is 0.320 e. The molecule has 106 valence electrons. The van der Waals surface area contributed by atoms with Gasteiger partial charge in [0.05, 0.1) is 6.54 Å². The summed E-state index contributed by atoms with van der Waals surface area (Å²) in [5.74, 6) is 6.04. The minimum absolute atomic E-state index is 0.194. The Morgan fingerprint density at radius 1 is 1.29 bits per heavy atom. The normalized spacial score (nSPS) is 9.67. The second-order valence-corrected chi connectivity index (χ2v) is 4.71. The average Bonchev–Trinajstić information content (AvgIpc) is 2.48. The van der Waals surface area contributed by atoms with Gasteiger partial charge >= 0.3 is 0 Å². The molecule has 0 aliphatic heterocycles. The molecule has 0 saturated carbocycles. The van der Waals surface area contributed by atoms with Gasteiger partial charge in [0, 0.05) is 17.3 Å². The first-order valence-corrected chi connectivity index (χ1v) is 6.64. The van der Waals surface area contributed by atoms with E-state index in [-0.39, 0.29) is 5.91 Å². The first-order chi connectivity index (χ1) is 10.1. The minimum Gasteiger partial charge on any atom is -0.320 e. The van der Waals surface area contributed by atoms with Gasteiger partial charge in [-0.2, -0.15) is 0 Å². The molecule has 1 amide bonds. The zero-order valence-corrected chi connectivity index (χ0v) is 12.1. The van der Waals surface area contributed by atoms with E-state index in [1.807, 2.05) is 32.0 Å². The molecule has 0 fully saturated rings. The molecule has 0 aliphatic rings. The van der Waals surface area contributed by atoms with Crippen LogP contribution in [0.15, 0.2) is 36.5 Å². The van der Waals surface area contributed by atoms with Crippen LogP contribution in [0.5, 0.6) is 0 Å². The number of nitrogens with two attached hydrogens (primary N) is 1. The number of hydrogen-bond acceptors (Lipinski definition) is 3. The number of benzene rings is 1. The maximum atomic E-state index is 12.3. The van der Waals surface area contributed by atoms with Gasteiger partial charge in [-0.1, -0.05) is 24.0 Å². The van der Waals surface area contributed by atoms with E-state index in [2.05, 4.69) is 22.1 Å². The number of rotatable bonds is 2. The Hall–Kier alpha value is -2.64. The summed E-state index contributed by atoms with van der Waals surface area (Å²) in [6.07, 6.45) is 1.71. The number of nitrogens with one attached hydrogen (secondary N) is 1. The Bertz CT molecular complexity index is 709. The molecule has 0 radical (unpaired) electrons. The third-order valence-electron chi connectivity index (χ3n) is 2.97. The minimum atomic E-state index is -0.194. The van der Waals surface area contributed by atoms with Crippen molar-refractivity contribution in [2.24, 2.45) is 5.73 Å². The predicted octanol–water partition coefficient (Wildman–Crippen LogP) is 2.26. The highest BCUT2D eigenvalue weighted by atomic mass is 16.1. The number of aryl methyl sites for hydroxylation is 2. The van der Waals surface area contributed by atoms with E-state index in [4.69, 9.17) is 5.73 Å². The molecule has 0 saturated heterocycles. The zero-order valence-electron chi connectivity index (χ0n) is 12.1. The number of amides is 1. The van der Waals surface area contributed by atoms with Crippen molar-refractivity contribution >= 4 is 11.7 Å². The van der Waals surface area contributed by atoms with Crippen LogP contribution in [0, 0.1) is 25.7 Å². The highest BCUT2D eigenvalue weighted by Gasteiger charge is 2.10. The molecule has 21 heavy (non-hydrogen) atoms. The summed E-state index contributed by atoms with van der Waals surface area (Å²) in [6, 6.07) is 9.19. The van der Waals surface area contributed by atoms with Crippen LogP contribution >= 0.6 is 0 Å². The molecule has 0 atom stereocenters. The molecule has 0 bridgehead atoms. The number of pyridine rings is 1. The predicted molar refractivity (Wildman–Crippen MR) is 84.0 cm³/mol. The summed E-state index contributed by atoms with van der Waals surface area (Å²) in [6.45, 7) is 4.13. The zero-order chi connectivity index (χ0) is 15.2. The lowest BCUT2D eigenvalue weighted by atomic mass is 10.0. The molecule has 2 rings (SSSR count). The number of hydrogen-bond donors (Lipinski definition) is 2. The summed E-state index contributed by atoms with van der Waals surface area (Å²) < 4.78 is 0. The average molecular weight is 279 g/mol. The van der Waals surface area contributed by atoms with Crippen molar-refractivity contribution in [3.63, 3.8) is 0 Å². The number of carbonyl (C=O) groups is 1. The summed E-state index contributed by atoms with van der Waals surface area (Å²) in [7, 11) is 0. The van der Waals surface area contributed by atoms with Crippen molar-refractivity contribution in [3.05, 3.63) is 58.8 Å². The summed E-state index contributed by atoms with van der Waals surface area (Å²) in [4.78, 5) is 16.5. The number of carbonyl (C=O) groups excluding carboxylic acids is 1. The molecular weight excluding hydrogens is 262 g/mol. The van der Waals surface area contributed by atoms with Gasteiger partial charge < -0.3 is 11.1 Å². The SMILES string of the molecule is Cc1ccc(NC(=O)c2cc(C#CCN)ccc2C)nc1. The van der Waals surface area contributed by atoms with Gasteiger partial charge in [0.15, 0.2) is 0 Å². The third kappa shape index (κ3) is 3.91. The Morgan fingerprint density at radius 3 is 2.76 bits per heavy atom. The Labute approximate surface area is 124 Å². The number of aromatic nitrogens is 1. The topological polar surface area (TPSA) is 68.0 Å². The molecule has 3 N–H and O–H groups in total. The maximum Gasteiger partial charge on any atom is 0.257 e. The fraction of sp³-hybridized carbons (Fsp3) is 0.176. The van der Waals surface area contributed by atoms with Gasteiger partial charge in [-0.3, -0.25) is 4.79 Å². The van der Waals surface area contributed by atoms with E-state index in [9.17, 15) is 4.79 Å². The summed E-state index contributed by atoms with van der Waals surface area (Å²) >= 11 is 0. The van der Waals surface area contributed by atoms with Crippen molar-refractivity contribution in [2.75, 3.05) is 11.9 Å². The fourth-order valence-electron chi connectivity index (χ4n) is 1.82. The lowest BCUT2D eigenvalue weighted by Gasteiger charge is -2.08. The van der Waals surface area contributed by atoms with Crippen molar-refractivity contribution in [3.8, 4) is 11.8 Å². The van der Waals surface area contributed by atoms with Crippen molar-refractivity contribution in [1.82, 2.24) is 4.98 Å². The van der Waals surface area contributed by atoms with E-state index < -0.39 is 0 Å². The van der Waals surface area contributed by atoms with Crippen LogP contribution in [0.4, 0.5) is 5.82 Å². The van der Waals surface area contributed by atoms with Gasteiger partial charge in [-0.15, -0.1) is 0 Å². The highest BCUT2D eigenvalue weighted by Crippen LogP contribution is 2.13. The first-order valence-electron chi connectivity index (χ1n) is 6.64. The highest BCUT2D eigenvalue weighted by molar-refractivity contribution is 6.05. The van der Waals surface area contributed by atoms with E-state index >= 15 is 0 Å². The van der Waals surface area contributed by atoms with Gasteiger partial charge in [0.2, 0.25) is 0 Å². The summed E-state index contributed by atoms with van der Waals surface area (Å²) in [5, 5.41) is 2.79. The number of anilines is 1. The standard InChI is InChI=1S/C17H17N3O/c1-12-5-8-16(19-11-12)20-17(21)15-10-14(4-3-9-18)7-6-13(15)2/h5-8,10-11H,9,18H2,1-2H3,(H,19,20,21). The molecule has 4 nitrogen and oxygen atoms in total. The molecule has 0 aliphatic carbocycles. The van der Waals surface area contributed by atoms with Gasteiger partial charge in [-0.05, 0) is 43.2 Å².